The number of fused-ring (bicyclic) bond motifs is 1. The Hall–Kier alpha value is -3.06. The lowest BCUT2D eigenvalue weighted by molar-refractivity contribution is 0.233. The van der Waals surface area contributed by atoms with E-state index in [9.17, 15) is 9.18 Å². The van der Waals surface area contributed by atoms with E-state index in [-0.39, 0.29) is 11.4 Å². The second-order valence-corrected chi connectivity index (χ2v) is 6.46. The van der Waals surface area contributed by atoms with Crippen molar-refractivity contribution in [2.75, 3.05) is 13.7 Å². The first-order valence-corrected chi connectivity index (χ1v) is 8.72. The molecule has 0 unspecified atom stereocenters. The molecule has 1 aliphatic rings. The predicted molar refractivity (Wildman–Crippen MR) is 98.9 cm³/mol. The molecule has 0 radical (unpaired) electrons. The second-order valence-electron chi connectivity index (χ2n) is 6.46. The van der Waals surface area contributed by atoms with Crippen LogP contribution in [0.5, 0.6) is 5.75 Å². The molecule has 6 nitrogen and oxygen atoms in total. The zero-order valence-electron chi connectivity index (χ0n) is 14.9. The highest BCUT2D eigenvalue weighted by molar-refractivity contribution is 5.54. The number of hydrogen-bond donors (Lipinski definition) is 1. The van der Waals surface area contributed by atoms with Gasteiger partial charge in [0.1, 0.15) is 17.4 Å². The van der Waals surface area contributed by atoms with Gasteiger partial charge in [0.25, 0.3) is 5.56 Å². The van der Waals surface area contributed by atoms with Gasteiger partial charge in [-0.2, -0.15) is 0 Å². The molecule has 0 fully saturated rings. The monoisotopic (exact) mass is 366 g/mol. The third-order valence-corrected chi connectivity index (χ3v) is 4.78. The van der Waals surface area contributed by atoms with Crippen molar-refractivity contribution in [2.45, 2.75) is 19.5 Å². The molecular formula is C20H19FN4O2. The van der Waals surface area contributed by atoms with Crippen LogP contribution in [0.4, 0.5) is 4.39 Å². The van der Waals surface area contributed by atoms with Crippen molar-refractivity contribution in [3.05, 3.63) is 75.7 Å². The quantitative estimate of drug-likeness (QED) is 0.768. The minimum absolute atomic E-state index is 0.116. The summed E-state index contributed by atoms with van der Waals surface area (Å²) in [6, 6.07) is 8.41. The van der Waals surface area contributed by atoms with E-state index in [4.69, 9.17) is 4.74 Å². The first-order chi connectivity index (χ1) is 13.2. The molecule has 0 saturated carbocycles. The lowest BCUT2D eigenvalue weighted by Gasteiger charge is -2.28. The van der Waals surface area contributed by atoms with E-state index in [0.29, 0.717) is 48.8 Å². The van der Waals surface area contributed by atoms with Crippen LogP contribution in [0.1, 0.15) is 16.8 Å². The number of nitrogens with one attached hydrogen (secondary N) is 1. The van der Waals surface area contributed by atoms with Crippen LogP contribution in [0.25, 0.3) is 11.4 Å². The molecule has 0 atom stereocenters. The highest BCUT2D eigenvalue weighted by Gasteiger charge is 2.23. The number of pyridine rings is 1. The lowest BCUT2D eigenvalue weighted by atomic mass is 10.0. The van der Waals surface area contributed by atoms with Crippen molar-refractivity contribution in [3.8, 4) is 17.1 Å². The number of aromatic amines is 1. The fourth-order valence-corrected chi connectivity index (χ4v) is 3.38. The van der Waals surface area contributed by atoms with Crippen LogP contribution in [0.2, 0.25) is 0 Å². The zero-order chi connectivity index (χ0) is 18.8. The summed E-state index contributed by atoms with van der Waals surface area (Å²) in [6.45, 7) is 1.53. The van der Waals surface area contributed by atoms with Gasteiger partial charge < -0.3 is 9.72 Å². The van der Waals surface area contributed by atoms with Crippen LogP contribution >= 0.6 is 0 Å². The number of methoxy groups -OCH3 is 1. The Kier molecular flexibility index (Phi) is 4.68. The summed E-state index contributed by atoms with van der Waals surface area (Å²) in [5, 5.41) is 0. The highest BCUT2D eigenvalue weighted by atomic mass is 19.1. The topological polar surface area (TPSA) is 71.1 Å². The minimum Gasteiger partial charge on any atom is -0.496 e. The van der Waals surface area contributed by atoms with Crippen molar-refractivity contribution < 1.29 is 9.13 Å². The Morgan fingerprint density at radius 3 is 2.85 bits per heavy atom. The Balaban J connectivity index is 1.63. The molecule has 0 spiro atoms. The highest BCUT2D eigenvalue weighted by Crippen LogP contribution is 2.25. The first kappa shape index (κ1) is 17.4. The molecular weight excluding hydrogens is 347 g/mol. The van der Waals surface area contributed by atoms with Crippen molar-refractivity contribution >= 4 is 0 Å². The summed E-state index contributed by atoms with van der Waals surface area (Å²) in [5.41, 5.74) is 2.63. The molecule has 0 aliphatic carbocycles. The largest absolute Gasteiger partial charge is 0.496 e. The van der Waals surface area contributed by atoms with Gasteiger partial charge >= 0.3 is 0 Å². The van der Waals surface area contributed by atoms with Gasteiger partial charge in [0.05, 0.1) is 12.8 Å². The number of benzene rings is 1. The molecule has 2 aromatic heterocycles. The van der Waals surface area contributed by atoms with Crippen LogP contribution in [0.15, 0.2) is 47.5 Å². The Labute approximate surface area is 155 Å². The predicted octanol–water partition coefficient (Wildman–Crippen LogP) is 2.54. The van der Waals surface area contributed by atoms with E-state index >= 15 is 0 Å². The fourth-order valence-electron chi connectivity index (χ4n) is 3.38. The molecule has 3 heterocycles. The van der Waals surface area contributed by atoms with Gasteiger partial charge in [-0.25, -0.2) is 9.37 Å². The number of nitrogens with zero attached hydrogens (tertiary/aromatic N) is 3. The standard InChI is InChI=1S/C20H19FN4O2/c1-27-18-4-2-3-16(21)15(18)11-25-10-7-14-17(12-25)23-19(24-20(14)26)13-5-8-22-9-6-13/h2-6,8-9H,7,10-12H2,1H3,(H,23,24,26). The summed E-state index contributed by atoms with van der Waals surface area (Å²) in [6.07, 6.45) is 3.89. The Morgan fingerprint density at radius 1 is 1.26 bits per heavy atom. The molecule has 27 heavy (non-hydrogen) atoms. The van der Waals surface area contributed by atoms with E-state index < -0.39 is 0 Å². The molecule has 1 aromatic carbocycles. The van der Waals surface area contributed by atoms with Crippen molar-refractivity contribution in [2.24, 2.45) is 0 Å². The maximum atomic E-state index is 14.3. The van der Waals surface area contributed by atoms with E-state index in [1.54, 1.807) is 36.7 Å². The van der Waals surface area contributed by atoms with Gasteiger partial charge in [0.15, 0.2) is 0 Å². The number of halogens is 1. The van der Waals surface area contributed by atoms with Gasteiger partial charge in [0, 0.05) is 48.7 Å². The molecule has 0 amide bonds. The zero-order valence-corrected chi connectivity index (χ0v) is 14.9. The normalized spacial score (nSPS) is 14.0. The Bertz CT molecular complexity index is 1020. The maximum Gasteiger partial charge on any atom is 0.254 e. The van der Waals surface area contributed by atoms with E-state index in [0.717, 1.165) is 11.3 Å². The minimum atomic E-state index is -0.295. The van der Waals surface area contributed by atoms with E-state index in [2.05, 4.69) is 19.9 Å². The maximum absolute atomic E-state index is 14.3. The van der Waals surface area contributed by atoms with Gasteiger partial charge in [-0.05, 0) is 30.7 Å². The summed E-state index contributed by atoms with van der Waals surface area (Å²) < 4.78 is 19.5. The molecule has 7 heteroatoms. The van der Waals surface area contributed by atoms with Gasteiger partial charge in [-0.3, -0.25) is 14.7 Å². The van der Waals surface area contributed by atoms with Gasteiger partial charge in [0.2, 0.25) is 0 Å². The smallest absolute Gasteiger partial charge is 0.254 e. The molecule has 0 bridgehead atoms. The summed E-state index contributed by atoms with van der Waals surface area (Å²) in [7, 11) is 1.53. The van der Waals surface area contributed by atoms with Crippen LogP contribution < -0.4 is 10.3 Å². The molecule has 1 N–H and O–H groups in total. The molecule has 0 saturated heterocycles. The number of ether oxygens (including phenoxy) is 1. The van der Waals surface area contributed by atoms with Crippen molar-refractivity contribution in [1.29, 1.82) is 0 Å². The van der Waals surface area contributed by atoms with Gasteiger partial charge in [-0.1, -0.05) is 6.07 Å². The first-order valence-electron chi connectivity index (χ1n) is 8.72. The third-order valence-electron chi connectivity index (χ3n) is 4.78. The van der Waals surface area contributed by atoms with Crippen LogP contribution in [0, 0.1) is 5.82 Å². The number of H-pyrrole nitrogens is 1. The van der Waals surface area contributed by atoms with Crippen molar-refractivity contribution in [1.82, 2.24) is 19.9 Å². The summed E-state index contributed by atoms with van der Waals surface area (Å²) in [4.78, 5) is 26.0. The average molecular weight is 366 g/mol. The van der Waals surface area contributed by atoms with Crippen LogP contribution in [0.3, 0.4) is 0 Å². The number of aromatic nitrogens is 3. The SMILES string of the molecule is COc1cccc(F)c1CN1CCc2c(nc(-c3ccncc3)[nH]c2=O)C1. The average Bonchev–Trinajstić information content (AvgIpc) is 2.70. The van der Waals surface area contributed by atoms with E-state index in [1.165, 1.54) is 13.2 Å². The molecule has 1 aliphatic heterocycles. The second kappa shape index (κ2) is 7.28. The summed E-state index contributed by atoms with van der Waals surface area (Å²) in [5.74, 6) is 0.750. The Morgan fingerprint density at radius 2 is 2.07 bits per heavy atom. The van der Waals surface area contributed by atoms with Crippen LogP contribution in [-0.4, -0.2) is 33.5 Å². The number of hydrogen-bond acceptors (Lipinski definition) is 5. The lowest BCUT2D eigenvalue weighted by Crippen LogP contribution is -2.35. The molecule has 4 rings (SSSR count). The van der Waals surface area contributed by atoms with Crippen molar-refractivity contribution in [3.63, 3.8) is 0 Å². The third kappa shape index (κ3) is 3.46. The number of rotatable bonds is 4. The van der Waals surface area contributed by atoms with Gasteiger partial charge in [-0.15, -0.1) is 0 Å². The molecule has 138 valence electrons. The van der Waals surface area contributed by atoms with E-state index in [1.807, 2.05) is 0 Å². The molecule has 3 aromatic rings. The van der Waals surface area contributed by atoms with Crippen LogP contribution in [-0.2, 0) is 19.5 Å². The fraction of sp³-hybridized carbons (Fsp3) is 0.250. The summed E-state index contributed by atoms with van der Waals surface area (Å²) >= 11 is 0.